The number of hydrogen-bond acceptors (Lipinski definition) is 3. The van der Waals surface area contributed by atoms with Crippen LogP contribution in [-0.2, 0) is 16.4 Å². The van der Waals surface area contributed by atoms with Crippen LogP contribution in [0.5, 0.6) is 0 Å². The van der Waals surface area contributed by atoms with E-state index in [1.165, 1.54) is 4.31 Å². The number of sulfonamides is 1. The standard InChI is InChI=1S/C17H28N4O2S.HI/c1-14(2)8-10-19-17(18-3)20-11-13-24(22,23)21-12-9-15-6-4-5-7-16(15)21;/h4-7,14H,8-13H2,1-3H3,(H2,18,19,20);1H. The van der Waals surface area contributed by atoms with Gasteiger partial charge in [0.25, 0.3) is 0 Å². The summed E-state index contributed by atoms with van der Waals surface area (Å²) < 4.78 is 26.7. The summed E-state index contributed by atoms with van der Waals surface area (Å²) >= 11 is 0. The normalized spacial score (nSPS) is 14.2. The Hall–Kier alpha value is -1.03. The highest BCUT2D eigenvalue weighted by Crippen LogP contribution is 2.29. The van der Waals surface area contributed by atoms with Crippen molar-refractivity contribution in [3.05, 3.63) is 29.8 Å². The maximum Gasteiger partial charge on any atom is 0.236 e. The Labute approximate surface area is 168 Å². The van der Waals surface area contributed by atoms with Crippen LogP contribution in [0.2, 0.25) is 0 Å². The third-order valence-electron chi connectivity index (χ3n) is 4.07. The minimum Gasteiger partial charge on any atom is -0.356 e. The van der Waals surface area contributed by atoms with E-state index in [9.17, 15) is 8.42 Å². The number of aliphatic imine (C=N–C) groups is 1. The van der Waals surface area contributed by atoms with Gasteiger partial charge in [-0.3, -0.25) is 9.30 Å². The highest BCUT2D eigenvalue weighted by atomic mass is 127. The SMILES string of the molecule is CN=C(NCCC(C)C)NCCS(=O)(=O)N1CCc2ccccc21.I. The van der Waals surface area contributed by atoms with E-state index in [1.54, 1.807) is 7.05 Å². The van der Waals surface area contributed by atoms with Crippen LogP contribution in [0.1, 0.15) is 25.8 Å². The second kappa shape index (κ2) is 10.2. The zero-order valence-electron chi connectivity index (χ0n) is 15.2. The van der Waals surface area contributed by atoms with Gasteiger partial charge in [0.15, 0.2) is 5.96 Å². The topological polar surface area (TPSA) is 73.8 Å². The molecule has 1 aliphatic rings. The van der Waals surface area contributed by atoms with Gasteiger partial charge in [0.2, 0.25) is 10.0 Å². The second-order valence-electron chi connectivity index (χ2n) is 6.38. The maximum absolute atomic E-state index is 12.6. The summed E-state index contributed by atoms with van der Waals surface area (Å²) in [6.07, 6.45) is 1.82. The number of rotatable bonds is 7. The van der Waals surface area contributed by atoms with Gasteiger partial charge in [-0.05, 0) is 30.4 Å². The maximum atomic E-state index is 12.6. The van der Waals surface area contributed by atoms with Crippen LogP contribution in [0.4, 0.5) is 5.69 Å². The molecule has 0 unspecified atom stereocenters. The van der Waals surface area contributed by atoms with E-state index < -0.39 is 10.0 Å². The van der Waals surface area contributed by atoms with Gasteiger partial charge in [-0.25, -0.2) is 8.42 Å². The quantitative estimate of drug-likeness (QED) is 0.357. The van der Waals surface area contributed by atoms with Gasteiger partial charge in [0.1, 0.15) is 0 Å². The van der Waals surface area contributed by atoms with E-state index in [0.29, 0.717) is 25.0 Å². The molecule has 1 aromatic rings. The molecule has 2 N–H and O–H groups in total. The van der Waals surface area contributed by atoms with Crippen molar-refractivity contribution in [1.82, 2.24) is 10.6 Å². The third-order valence-corrected chi connectivity index (χ3v) is 5.84. The molecule has 8 heteroatoms. The lowest BCUT2D eigenvalue weighted by Crippen LogP contribution is -2.42. The van der Waals surface area contributed by atoms with Gasteiger partial charge < -0.3 is 10.6 Å². The Morgan fingerprint density at radius 1 is 1.24 bits per heavy atom. The van der Waals surface area contributed by atoms with E-state index in [2.05, 4.69) is 29.5 Å². The first-order valence-corrected chi connectivity index (χ1v) is 10.1. The first kappa shape index (κ1) is 22.0. The van der Waals surface area contributed by atoms with Gasteiger partial charge in [-0.2, -0.15) is 0 Å². The van der Waals surface area contributed by atoms with E-state index in [4.69, 9.17) is 0 Å². The Bertz CT molecular complexity index is 677. The van der Waals surface area contributed by atoms with Crippen LogP contribution in [-0.4, -0.2) is 46.8 Å². The fraction of sp³-hybridized carbons (Fsp3) is 0.588. The monoisotopic (exact) mass is 480 g/mol. The Morgan fingerprint density at radius 3 is 2.60 bits per heavy atom. The molecule has 0 saturated heterocycles. The van der Waals surface area contributed by atoms with Gasteiger partial charge in [-0.1, -0.05) is 32.0 Å². The first-order valence-electron chi connectivity index (χ1n) is 8.47. The summed E-state index contributed by atoms with van der Waals surface area (Å²) in [5, 5.41) is 6.28. The van der Waals surface area contributed by atoms with Gasteiger partial charge >= 0.3 is 0 Å². The lowest BCUT2D eigenvalue weighted by atomic mass is 10.1. The van der Waals surface area contributed by atoms with Crippen LogP contribution < -0.4 is 14.9 Å². The molecule has 6 nitrogen and oxygen atoms in total. The van der Waals surface area contributed by atoms with Crippen molar-refractivity contribution in [2.45, 2.75) is 26.7 Å². The molecule has 25 heavy (non-hydrogen) atoms. The highest BCUT2D eigenvalue weighted by molar-refractivity contribution is 14.0. The predicted octanol–water partition coefficient (Wildman–Crippen LogP) is 2.21. The summed E-state index contributed by atoms with van der Waals surface area (Å²) in [4.78, 5) is 4.12. The zero-order chi connectivity index (χ0) is 17.6. The van der Waals surface area contributed by atoms with Gasteiger partial charge in [0, 0.05) is 26.7 Å². The number of halogens is 1. The molecule has 0 aromatic heterocycles. The summed E-state index contributed by atoms with van der Waals surface area (Å²) in [7, 11) is -1.63. The summed E-state index contributed by atoms with van der Waals surface area (Å²) in [6.45, 7) is 6.02. The zero-order valence-corrected chi connectivity index (χ0v) is 18.3. The predicted molar refractivity (Wildman–Crippen MR) is 116 cm³/mol. The van der Waals surface area contributed by atoms with Gasteiger partial charge in [0.05, 0.1) is 11.4 Å². The molecule has 1 aromatic carbocycles. The van der Waals surface area contributed by atoms with Crippen molar-refractivity contribution in [3.63, 3.8) is 0 Å². The number of para-hydroxylation sites is 1. The molecule has 142 valence electrons. The molecule has 2 rings (SSSR count). The third kappa shape index (κ3) is 6.32. The number of hydrogen-bond donors (Lipinski definition) is 2. The van der Waals surface area contributed by atoms with Crippen molar-refractivity contribution in [2.24, 2.45) is 10.9 Å². The van der Waals surface area contributed by atoms with Crippen LogP contribution in [0.25, 0.3) is 0 Å². The van der Waals surface area contributed by atoms with Crippen molar-refractivity contribution < 1.29 is 8.42 Å². The first-order chi connectivity index (χ1) is 11.4. The van der Waals surface area contributed by atoms with Crippen LogP contribution >= 0.6 is 24.0 Å². The fourth-order valence-electron chi connectivity index (χ4n) is 2.71. The molecular weight excluding hydrogens is 451 g/mol. The molecule has 0 amide bonds. The average molecular weight is 480 g/mol. The number of benzene rings is 1. The van der Waals surface area contributed by atoms with Crippen LogP contribution in [0.3, 0.4) is 0 Å². The Morgan fingerprint density at radius 2 is 1.92 bits per heavy atom. The average Bonchev–Trinajstić information content (AvgIpc) is 2.98. The fourth-order valence-corrected chi connectivity index (χ4v) is 4.13. The molecule has 1 heterocycles. The molecule has 0 saturated carbocycles. The number of nitrogens with one attached hydrogen (secondary N) is 2. The Balaban J connectivity index is 0.00000312. The molecule has 0 aliphatic carbocycles. The second-order valence-corrected chi connectivity index (χ2v) is 8.39. The summed E-state index contributed by atoms with van der Waals surface area (Å²) in [5.74, 6) is 1.31. The number of anilines is 1. The minimum absolute atomic E-state index is 0. The molecule has 0 spiro atoms. The largest absolute Gasteiger partial charge is 0.356 e. The molecule has 1 aliphatic heterocycles. The van der Waals surface area contributed by atoms with E-state index in [0.717, 1.165) is 30.6 Å². The lowest BCUT2D eigenvalue weighted by Gasteiger charge is -2.20. The highest BCUT2D eigenvalue weighted by Gasteiger charge is 2.28. The van der Waals surface area contributed by atoms with Crippen molar-refractivity contribution in [3.8, 4) is 0 Å². The van der Waals surface area contributed by atoms with Crippen LogP contribution in [0.15, 0.2) is 29.3 Å². The van der Waals surface area contributed by atoms with E-state index in [1.807, 2.05) is 24.3 Å². The van der Waals surface area contributed by atoms with Crippen LogP contribution in [0, 0.1) is 5.92 Å². The molecule has 0 bridgehead atoms. The molecular formula is C17H29IN4O2S. The summed E-state index contributed by atoms with van der Waals surface area (Å²) in [6, 6.07) is 7.69. The Kier molecular flexibility index (Phi) is 8.98. The van der Waals surface area contributed by atoms with Crippen molar-refractivity contribution in [2.75, 3.05) is 36.7 Å². The number of nitrogens with zero attached hydrogens (tertiary/aromatic N) is 2. The van der Waals surface area contributed by atoms with Gasteiger partial charge in [-0.15, -0.1) is 24.0 Å². The molecule has 0 radical (unpaired) electrons. The smallest absolute Gasteiger partial charge is 0.236 e. The molecule has 0 fully saturated rings. The lowest BCUT2D eigenvalue weighted by molar-refractivity contribution is 0.573. The number of fused-ring (bicyclic) bond motifs is 1. The van der Waals surface area contributed by atoms with Crippen molar-refractivity contribution >= 4 is 45.6 Å². The number of guanidine groups is 1. The van der Waals surface area contributed by atoms with E-state index >= 15 is 0 Å². The van der Waals surface area contributed by atoms with E-state index in [-0.39, 0.29) is 29.7 Å². The minimum atomic E-state index is -3.32. The molecule has 0 atom stereocenters. The van der Waals surface area contributed by atoms with Crippen molar-refractivity contribution in [1.29, 1.82) is 0 Å². The summed E-state index contributed by atoms with van der Waals surface area (Å²) in [5.41, 5.74) is 1.91.